The number of piperidine rings is 1. The van der Waals surface area contributed by atoms with Crippen LogP contribution in [-0.4, -0.2) is 39.6 Å². The standard InChI is InChI=1S/C12H20N6O/c1-8-3-5-18(6-4-8)12(19)16-11-9(10(13)14)7-15-17(11)2/h7-8H,3-6H2,1-2H3,(H3,13,14)(H,16,19). The lowest BCUT2D eigenvalue weighted by Gasteiger charge is -2.30. The average molecular weight is 264 g/mol. The van der Waals surface area contributed by atoms with E-state index in [-0.39, 0.29) is 11.9 Å². The summed E-state index contributed by atoms with van der Waals surface area (Å²) in [5, 5.41) is 14.3. The van der Waals surface area contributed by atoms with Gasteiger partial charge in [0.25, 0.3) is 0 Å². The van der Waals surface area contributed by atoms with E-state index in [0.717, 1.165) is 25.9 Å². The molecule has 7 heteroatoms. The van der Waals surface area contributed by atoms with E-state index in [1.165, 1.54) is 10.9 Å². The zero-order valence-corrected chi connectivity index (χ0v) is 11.3. The van der Waals surface area contributed by atoms with Gasteiger partial charge in [0.1, 0.15) is 11.7 Å². The summed E-state index contributed by atoms with van der Waals surface area (Å²) >= 11 is 0. The van der Waals surface area contributed by atoms with Gasteiger partial charge >= 0.3 is 6.03 Å². The van der Waals surface area contributed by atoms with Crippen molar-refractivity contribution < 1.29 is 4.79 Å². The predicted molar refractivity (Wildman–Crippen MR) is 73.2 cm³/mol. The topological polar surface area (TPSA) is 100 Å². The monoisotopic (exact) mass is 264 g/mol. The average Bonchev–Trinajstić information content (AvgIpc) is 2.72. The maximum absolute atomic E-state index is 12.2. The fourth-order valence-electron chi connectivity index (χ4n) is 2.17. The second-order valence-corrected chi connectivity index (χ2v) is 5.04. The van der Waals surface area contributed by atoms with E-state index in [1.807, 2.05) is 0 Å². The highest BCUT2D eigenvalue weighted by Crippen LogP contribution is 2.18. The van der Waals surface area contributed by atoms with Crippen molar-refractivity contribution in [1.82, 2.24) is 14.7 Å². The number of anilines is 1. The van der Waals surface area contributed by atoms with Gasteiger partial charge in [-0.25, -0.2) is 4.79 Å². The number of amides is 2. The van der Waals surface area contributed by atoms with Crippen LogP contribution in [0.1, 0.15) is 25.3 Å². The predicted octanol–water partition coefficient (Wildman–Crippen LogP) is 0.968. The van der Waals surface area contributed by atoms with E-state index in [4.69, 9.17) is 11.1 Å². The van der Waals surface area contributed by atoms with Crippen LogP contribution >= 0.6 is 0 Å². The Balaban J connectivity index is 2.07. The number of amidine groups is 1. The lowest BCUT2D eigenvalue weighted by molar-refractivity contribution is 0.186. The lowest BCUT2D eigenvalue weighted by atomic mass is 10.00. The molecule has 1 aromatic heterocycles. The van der Waals surface area contributed by atoms with Crippen LogP contribution in [0.15, 0.2) is 6.20 Å². The number of aryl methyl sites for hydroxylation is 1. The molecule has 0 atom stereocenters. The molecule has 0 spiro atoms. The van der Waals surface area contributed by atoms with Crippen LogP contribution < -0.4 is 11.1 Å². The highest BCUT2D eigenvalue weighted by Gasteiger charge is 2.22. The number of carbonyl (C=O) groups is 1. The Bertz CT molecular complexity index is 486. The molecule has 104 valence electrons. The molecular formula is C12H20N6O. The SMILES string of the molecule is CC1CCN(C(=O)Nc2c(C(=N)N)cnn2C)CC1. The first-order valence-electron chi connectivity index (χ1n) is 6.41. The third-order valence-electron chi connectivity index (χ3n) is 3.53. The third kappa shape index (κ3) is 2.86. The van der Waals surface area contributed by atoms with Gasteiger partial charge < -0.3 is 10.6 Å². The van der Waals surface area contributed by atoms with E-state index in [0.29, 0.717) is 17.3 Å². The molecule has 0 unspecified atom stereocenters. The Hall–Kier alpha value is -2.05. The Kier molecular flexibility index (Phi) is 3.73. The lowest BCUT2D eigenvalue weighted by Crippen LogP contribution is -2.41. The first-order chi connectivity index (χ1) is 8.99. The van der Waals surface area contributed by atoms with Gasteiger partial charge in [0.05, 0.1) is 11.8 Å². The van der Waals surface area contributed by atoms with E-state index >= 15 is 0 Å². The van der Waals surface area contributed by atoms with E-state index in [1.54, 1.807) is 11.9 Å². The van der Waals surface area contributed by atoms with Crippen LogP contribution in [-0.2, 0) is 7.05 Å². The molecule has 0 bridgehead atoms. The molecule has 1 aliphatic heterocycles. The van der Waals surface area contributed by atoms with Crippen LogP contribution in [0.4, 0.5) is 10.6 Å². The Morgan fingerprint density at radius 3 is 2.74 bits per heavy atom. The number of aromatic nitrogens is 2. The van der Waals surface area contributed by atoms with Crippen molar-refractivity contribution in [2.75, 3.05) is 18.4 Å². The van der Waals surface area contributed by atoms with Crippen molar-refractivity contribution in [3.05, 3.63) is 11.8 Å². The summed E-state index contributed by atoms with van der Waals surface area (Å²) < 4.78 is 1.52. The van der Waals surface area contributed by atoms with Crippen LogP contribution in [0.2, 0.25) is 0 Å². The maximum Gasteiger partial charge on any atom is 0.323 e. The second-order valence-electron chi connectivity index (χ2n) is 5.04. The molecule has 19 heavy (non-hydrogen) atoms. The van der Waals surface area contributed by atoms with Gasteiger partial charge in [0.15, 0.2) is 0 Å². The number of urea groups is 1. The van der Waals surface area contributed by atoms with Crippen LogP contribution in [0, 0.1) is 11.3 Å². The number of nitrogens with zero attached hydrogens (tertiary/aromatic N) is 3. The Morgan fingerprint density at radius 2 is 2.16 bits per heavy atom. The number of nitrogens with two attached hydrogens (primary N) is 1. The summed E-state index contributed by atoms with van der Waals surface area (Å²) in [6, 6.07) is -0.155. The minimum Gasteiger partial charge on any atom is -0.384 e. The fraction of sp³-hybridized carbons (Fsp3) is 0.583. The van der Waals surface area contributed by atoms with Crippen molar-refractivity contribution in [2.45, 2.75) is 19.8 Å². The smallest absolute Gasteiger partial charge is 0.323 e. The minimum absolute atomic E-state index is 0.101. The molecule has 4 N–H and O–H groups in total. The van der Waals surface area contributed by atoms with Gasteiger partial charge in [-0.15, -0.1) is 0 Å². The Labute approximate surface area is 112 Å². The van der Waals surface area contributed by atoms with E-state index in [9.17, 15) is 4.79 Å². The molecule has 0 saturated carbocycles. The molecule has 2 heterocycles. The summed E-state index contributed by atoms with van der Waals surface area (Å²) in [6.07, 6.45) is 3.53. The van der Waals surface area contributed by atoms with Crippen molar-refractivity contribution in [2.24, 2.45) is 18.7 Å². The summed E-state index contributed by atoms with van der Waals surface area (Å²) in [7, 11) is 1.71. The molecule has 2 amide bonds. The summed E-state index contributed by atoms with van der Waals surface area (Å²) in [5.41, 5.74) is 5.91. The highest BCUT2D eigenvalue weighted by atomic mass is 16.2. The molecule has 0 radical (unpaired) electrons. The molecule has 1 saturated heterocycles. The molecule has 0 aliphatic carbocycles. The zero-order chi connectivity index (χ0) is 14.0. The summed E-state index contributed by atoms with van der Waals surface area (Å²) in [4.78, 5) is 14.0. The van der Waals surface area contributed by atoms with Crippen molar-refractivity contribution in [3.8, 4) is 0 Å². The number of nitrogens with one attached hydrogen (secondary N) is 2. The Morgan fingerprint density at radius 1 is 1.53 bits per heavy atom. The van der Waals surface area contributed by atoms with Gasteiger partial charge in [0, 0.05) is 20.1 Å². The molecule has 1 aliphatic rings. The van der Waals surface area contributed by atoms with E-state index in [2.05, 4.69) is 17.3 Å². The second kappa shape index (κ2) is 5.29. The normalized spacial score (nSPS) is 16.4. The summed E-state index contributed by atoms with van der Waals surface area (Å²) in [6.45, 7) is 3.73. The third-order valence-corrected chi connectivity index (χ3v) is 3.53. The molecule has 2 rings (SSSR count). The van der Waals surface area contributed by atoms with Gasteiger partial charge in [-0.05, 0) is 18.8 Å². The summed E-state index contributed by atoms with van der Waals surface area (Å²) in [5.74, 6) is 1.04. The van der Waals surface area contributed by atoms with Gasteiger partial charge in [-0.2, -0.15) is 5.10 Å². The fourth-order valence-corrected chi connectivity index (χ4v) is 2.17. The number of nitrogen functional groups attached to an aromatic ring is 1. The largest absolute Gasteiger partial charge is 0.384 e. The zero-order valence-electron chi connectivity index (χ0n) is 11.3. The number of carbonyl (C=O) groups excluding carboxylic acids is 1. The number of hydrogen-bond donors (Lipinski definition) is 3. The van der Waals surface area contributed by atoms with Crippen LogP contribution in [0.25, 0.3) is 0 Å². The molecule has 1 fully saturated rings. The van der Waals surface area contributed by atoms with Gasteiger partial charge in [-0.1, -0.05) is 6.92 Å². The molecule has 7 nitrogen and oxygen atoms in total. The van der Waals surface area contributed by atoms with Gasteiger partial charge in [0.2, 0.25) is 0 Å². The molecule has 0 aromatic carbocycles. The number of hydrogen-bond acceptors (Lipinski definition) is 3. The minimum atomic E-state index is -0.155. The molecular weight excluding hydrogens is 244 g/mol. The number of likely N-dealkylation sites (tertiary alicyclic amines) is 1. The van der Waals surface area contributed by atoms with Crippen LogP contribution in [0.5, 0.6) is 0 Å². The van der Waals surface area contributed by atoms with Gasteiger partial charge in [-0.3, -0.25) is 15.4 Å². The first kappa shape index (κ1) is 13.4. The van der Waals surface area contributed by atoms with Crippen molar-refractivity contribution in [1.29, 1.82) is 5.41 Å². The van der Waals surface area contributed by atoms with Crippen molar-refractivity contribution >= 4 is 17.7 Å². The highest BCUT2D eigenvalue weighted by molar-refractivity contribution is 6.02. The maximum atomic E-state index is 12.2. The van der Waals surface area contributed by atoms with E-state index < -0.39 is 0 Å². The number of rotatable bonds is 2. The molecule has 1 aromatic rings. The quantitative estimate of drug-likeness (QED) is 0.548. The van der Waals surface area contributed by atoms with Crippen molar-refractivity contribution in [3.63, 3.8) is 0 Å². The van der Waals surface area contributed by atoms with Crippen LogP contribution in [0.3, 0.4) is 0 Å². The first-order valence-corrected chi connectivity index (χ1v) is 6.41.